The molecular formula is C12H20N4O2. The van der Waals surface area contributed by atoms with Crippen LogP contribution < -0.4 is 0 Å². The number of carbonyl (C=O) groups excluding carboxylic acids is 1. The van der Waals surface area contributed by atoms with Crippen molar-refractivity contribution in [3.8, 4) is 0 Å². The largest absolute Gasteiger partial charge is 0.396 e. The molecule has 100 valence electrons. The summed E-state index contributed by atoms with van der Waals surface area (Å²) in [5.41, 5.74) is 0. The number of likely N-dealkylation sites (tertiary alicyclic amines) is 1. The number of nitrogens with one attached hydrogen (secondary N) is 1. The molecule has 0 aliphatic carbocycles. The number of aromatic amines is 1. The van der Waals surface area contributed by atoms with Crippen molar-refractivity contribution in [2.45, 2.75) is 32.6 Å². The minimum absolute atomic E-state index is 0.116. The molecule has 1 aromatic heterocycles. The Hall–Kier alpha value is -1.43. The second-order valence-electron chi connectivity index (χ2n) is 5.12. The summed E-state index contributed by atoms with van der Waals surface area (Å²) in [7, 11) is 0. The average Bonchev–Trinajstić information content (AvgIpc) is 2.88. The summed E-state index contributed by atoms with van der Waals surface area (Å²) in [5, 5.41) is 15.8. The summed E-state index contributed by atoms with van der Waals surface area (Å²) in [6, 6.07) is 0. The molecule has 0 bridgehead atoms. The van der Waals surface area contributed by atoms with Gasteiger partial charge >= 0.3 is 0 Å². The van der Waals surface area contributed by atoms with Crippen molar-refractivity contribution in [1.82, 2.24) is 20.1 Å². The van der Waals surface area contributed by atoms with Crippen LogP contribution in [0.4, 0.5) is 0 Å². The Morgan fingerprint density at radius 2 is 2.17 bits per heavy atom. The molecule has 2 N–H and O–H groups in total. The van der Waals surface area contributed by atoms with E-state index in [1.165, 1.54) is 0 Å². The number of piperidine rings is 1. The molecule has 1 aliphatic heterocycles. The van der Waals surface area contributed by atoms with Gasteiger partial charge in [0.1, 0.15) is 5.82 Å². The first-order valence-corrected chi connectivity index (χ1v) is 6.44. The van der Waals surface area contributed by atoms with E-state index in [2.05, 4.69) is 15.2 Å². The molecule has 0 spiro atoms. The fourth-order valence-corrected chi connectivity index (χ4v) is 2.09. The number of amides is 1. The quantitative estimate of drug-likeness (QED) is 0.832. The van der Waals surface area contributed by atoms with Crippen molar-refractivity contribution in [2.75, 3.05) is 19.7 Å². The molecular weight excluding hydrogens is 232 g/mol. The van der Waals surface area contributed by atoms with E-state index in [1.807, 2.05) is 13.8 Å². The van der Waals surface area contributed by atoms with Gasteiger partial charge in [0.2, 0.25) is 5.82 Å². The van der Waals surface area contributed by atoms with Gasteiger partial charge < -0.3 is 10.0 Å². The lowest BCUT2D eigenvalue weighted by Crippen LogP contribution is -2.39. The summed E-state index contributed by atoms with van der Waals surface area (Å²) < 4.78 is 0. The Labute approximate surface area is 106 Å². The Kier molecular flexibility index (Phi) is 3.96. The van der Waals surface area contributed by atoms with Crippen molar-refractivity contribution in [1.29, 1.82) is 0 Å². The standard InChI is InChI=1S/C12H20N4O2/c1-8(2)10-13-11(15-14-10)12(18)16-5-3-9(7-17)4-6-16/h8-9,17H,3-7H2,1-2H3,(H,13,14,15). The van der Waals surface area contributed by atoms with Gasteiger partial charge in [0, 0.05) is 25.6 Å². The van der Waals surface area contributed by atoms with E-state index < -0.39 is 0 Å². The number of H-pyrrole nitrogens is 1. The van der Waals surface area contributed by atoms with Crippen LogP contribution in [0.1, 0.15) is 49.1 Å². The maximum absolute atomic E-state index is 12.1. The molecule has 1 saturated heterocycles. The monoisotopic (exact) mass is 252 g/mol. The first kappa shape index (κ1) is 13.0. The lowest BCUT2D eigenvalue weighted by molar-refractivity contribution is 0.0639. The first-order chi connectivity index (χ1) is 8.61. The molecule has 1 amide bonds. The van der Waals surface area contributed by atoms with Gasteiger partial charge in [-0.1, -0.05) is 13.8 Å². The highest BCUT2D eigenvalue weighted by atomic mass is 16.3. The summed E-state index contributed by atoms with van der Waals surface area (Å²) in [4.78, 5) is 18.1. The van der Waals surface area contributed by atoms with Crippen LogP contribution in [0, 0.1) is 5.92 Å². The topological polar surface area (TPSA) is 82.1 Å². The number of rotatable bonds is 3. The molecule has 1 aromatic rings. The van der Waals surface area contributed by atoms with Crippen LogP contribution in [-0.4, -0.2) is 50.8 Å². The van der Waals surface area contributed by atoms with Gasteiger partial charge in [-0.3, -0.25) is 9.89 Å². The summed E-state index contributed by atoms with van der Waals surface area (Å²) in [6.45, 7) is 5.56. The molecule has 0 aromatic carbocycles. The predicted molar refractivity (Wildman–Crippen MR) is 66.2 cm³/mol. The Morgan fingerprint density at radius 3 is 2.67 bits per heavy atom. The molecule has 0 atom stereocenters. The van der Waals surface area contributed by atoms with E-state index in [1.54, 1.807) is 4.90 Å². The number of hydrogen-bond acceptors (Lipinski definition) is 4. The van der Waals surface area contributed by atoms with E-state index in [9.17, 15) is 4.79 Å². The van der Waals surface area contributed by atoms with Crippen molar-refractivity contribution in [2.24, 2.45) is 5.92 Å². The summed E-state index contributed by atoms with van der Waals surface area (Å²) >= 11 is 0. The van der Waals surface area contributed by atoms with E-state index in [0.29, 0.717) is 19.0 Å². The number of aromatic nitrogens is 3. The molecule has 18 heavy (non-hydrogen) atoms. The molecule has 1 fully saturated rings. The van der Waals surface area contributed by atoms with Crippen LogP contribution in [0.25, 0.3) is 0 Å². The van der Waals surface area contributed by atoms with Gasteiger partial charge in [-0.15, -0.1) is 5.10 Å². The van der Waals surface area contributed by atoms with Crippen LogP contribution in [0.5, 0.6) is 0 Å². The van der Waals surface area contributed by atoms with Gasteiger partial charge in [-0.25, -0.2) is 4.98 Å². The van der Waals surface area contributed by atoms with Crippen LogP contribution in [0.2, 0.25) is 0 Å². The zero-order chi connectivity index (χ0) is 13.1. The van der Waals surface area contributed by atoms with E-state index in [0.717, 1.165) is 18.7 Å². The Bertz CT molecular complexity index is 408. The third kappa shape index (κ3) is 2.69. The number of aliphatic hydroxyl groups excluding tert-OH is 1. The zero-order valence-electron chi connectivity index (χ0n) is 10.9. The van der Waals surface area contributed by atoms with Gasteiger partial charge in [0.25, 0.3) is 5.91 Å². The van der Waals surface area contributed by atoms with Crippen LogP contribution in [0.15, 0.2) is 0 Å². The molecule has 0 unspecified atom stereocenters. The van der Waals surface area contributed by atoms with Crippen LogP contribution in [0.3, 0.4) is 0 Å². The minimum Gasteiger partial charge on any atom is -0.396 e. The summed E-state index contributed by atoms with van der Waals surface area (Å²) in [5.74, 6) is 1.44. The van der Waals surface area contributed by atoms with E-state index >= 15 is 0 Å². The Balaban J connectivity index is 1.98. The van der Waals surface area contributed by atoms with Gasteiger partial charge in [-0.05, 0) is 18.8 Å². The molecule has 6 nitrogen and oxygen atoms in total. The van der Waals surface area contributed by atoms with Gasteiger partial charge in [-0.2, -0.15) is 0 Å². The van der Waals surface area contributed by atoms with Crippen LogP contribution in [-0.2, 0) is 0 Å². The maximum Gasteiger partial charge on any atom is 0.293 e. The smallest absolute Gasteiger partial charge is 0.293 e. The molecule has 0 saturated carbocycles. The number of aliphatic hydroxyl groups is 1. The molecule has 0 radical (unpaired) electrons. The number of nitrogens with zero attached hydrogens (tertiary/aromatic N) is 3. The third-order valence-corrected chi connectivity index (χ3v) is 3.40. The molecule has 2 rings (SSSR count). The van der Waals surface area contributed by atoms with Crippen molar-refractivity contribution in [3.05, 3.63) is 11.6 Å². The van der Waals surface area contributed by atoms with Gasteiger partial charge in [0.15, 0.2) is 0 Å². The second kappa shape index (κ2) is 5.48. The average molecular weight is 252 g/mol. The highest BCUT2D eigenvalue weighted by molar-refractivity contribution is 5.90. The predicted octanol–water partition coefficient (Wildman–Crippen LogP) is 0.773. The second-order valence-corrected chi connectivity index (χ2v) is 5.12. The van der Waals surface area contributed by atoms with Crippen molar-refractivity contribution in [3.63, 3.8) is 0 Å². The third-order valence-electron chi connectivity index (χ3n) is 3.40. The molecule has 6 heteroatoms. The minimum atomic E-state index is -0.116. The maximum atomic E-state index is 12.1. The molecule has 1 aliphatic rings. The van der Waals surface area contributed by atoms with Crippen molar-refractivity contribution < 1.29 is 9.90 Å². The highest BCUT2D eigenvalue weighted by Gasteiger charge is 2.25. The van der Waals surface area contributed by atoms with E-state index in [4.69, 9.17) is 5.11 Å². The Morgan fingerprint density at radius 1 is 1.50 bits per heavy atom. The number of hydrogen-bond donors (Lipinski definition) is 2. The lowest BCUT2D eigenvalue weighted by atomic mass is 9.98. The first-order valence-electron chi connectivity index (χ1n) is 6.44. The zero-order valence-corrected chi connectivity index (χ0v) is 10.9. The SMILES string of the molecule is CC(C)c1nc(C(=O)N2CCC(CO)CC2)n[nH]1. The lowest BCUT2D eigenvalue weighted by Gasteiger charge is -2.30. The molecule has 2 heterocycles. The fourth-order valence-electron chi connectivity index (χ4n) is 2.09. The van der Waals surface area contributed by atoms with Gasteiger partial charge in [0.05, 0.1) is 0 Å². The summed E-state index contributed by atoms with van der Waals surface area (Å²) in [6.07, 6.45) is 1.70. The number of carbonyl (C=O) groups is 1. The van der Waals surface area contributed by atoms with E-state index in [-0.39, 0.29) is 24.3 Å². The van der Waals surface area contributed by atoms with Crippen LogP contribution >= 0.6 is 0 Å². The fraction of sp³-hybridized carbons (Fsp3) is 0.750. The normalized spacial score (nSPS) is 17.4. The highest BCUT2D eigenvalue weighted by Crippen LogP contribution is 2.18. The van der Waals surface area contributed by atoms with Crippen molar-refractivity contribution >= 4 is 5.91 Å².